The molecule has 0 spiro atoms. The maximum atomic E-state index is 13.9. The summed E-state index contributed by atoms with van der Waals surface area (Å²) in [5, 5.41) is 11.4. The molecule has 37 heavy (non-hydrogen) atoms. The summed E-state index contributed by atoms with van der Waals surface area (Å²) < 4.78 is 7.01. The van der Waals surface area contributed by atoms with Gasteiger partial charge in [-0.3, -0.25) is 9.59 Å². The number of carbonyl (C=O) groups excluding carboxylic acids is 2. The quantitative estimate of drug-likeness (QED) is 0.331. The van der Waals surface area contributed by atoms with Gasteiger partial charge in [0.2, 0.25) is 11.8 Å². The summed E-state index contributed by atoms with van der Waals surface area (Å²) in [6.45, 7) is 4.95. The zero-order valence-corrected chi connectivity index (χ0v) is 21.5. The van der Waals surface area contributed by atoms with Crippen LogP contribution in [0.2, 0.25) is 0 Å². The molecule has 0 aliphatic carbocycles. The fraction of sp³-hybridized carbons (Fsp3) is 0.310. The fourth-order valence-electron chi connectivity index (χ4n) is 4.22. The third-order valence-electron chi connectivity index (χ3n) is 6.21. The molecule has 0 saturated carbocycles. The molecule has 8 heteroatoms. The number of amides is 2. The van der Waals surface area contributed by atoms with E-state index < -0.39 is 6.04 Å². The first-order valence-electron chi connectivity index (χ1n) is 12.5. The van der Waals surface area contributed by atoms with Crippen molar-refractivity contribution in [3.8, 4) is 5.75 Å². The Bertz CT molecular complexity index is 1340. The highest BCUT2D eigenvalue weighted by atomic mass is 16.5. The minimum Gasteiger partial charge on any atom is -0.497 e. The maximum Gasteiger partial charge on any atom is 0.247 e. The summed E-state index contributed by atoms with van der Waals surface area (Å²) in [6.07, 6.45) is 0.841. The van der Waals surface area contributed by atoms with Crippen molar-refractivity contribution >= 4 is 22.8 Å². The van der Waals surface area contributed by atoms with Crippen molar-refractivity contribution < 1.29 is 14.3 Å². The second-order valence-electron chi connectivity index (χ2n) is 9.40. The summed E-state index contributed by atoms with van der Waals surface area (Å²) in [7, 11) is 1.58. The van der Waals surface area contributed by atoms with Crippen molar-refractivity contribution in [2.45, 2.75) is 39.4 Å². The number of nitrogens with one attached hydrogen (secondary N) is 1. The highest BCUT2D eigenvalue weighted by molar-refractivity contribution is 5.89. The summed E-state index contributed by atoms with van der Waals surface area (Å²) in [6, 6.07) is 23.6. The first-order chi connectivity index (χ1) is 18.0. The Labute approximate surface area is 217 Å². The number of rotatable bonds is 11. The van der Waals surface area contributed by atoms with Gasteiger partial charge in [0.1, 0.15) is 23.9 Å². The predicted molar refractivity (Wildman–Crippen MR) is 143 cm³/mol. The third kappa shape index (κ3) is 6.52. The molecule has 0 aliphatic heterocycles. The zero-order valence-electron chi connectivity index (χ0n) is 21.5. The standard InChI is InChI=1S/C29H33N5O3/c1-21(2)16-17-30-29(36)28(23-12-9-13-24(18-23)37-3)33(19-22-10-5-4-6-11-22)27(35)20-34-26-15-8-7-14-25(26)31-32-34/h4-15,18,21,28H,16-17,19-20H2,1-3H3,(H,30,36). The Kier molecular flexibility index (Phi) is 8.51. The molecule has 1 aromatic heterocycles. The SMILES string of the molecule is COc1cccc(C(C(=O)NCCC(C)C)N(Cc2ccccc2)C(=O)Cn2nnc3ccccc32)c1. The van der Waals surface area contributed by atoms with E-state index in [2.05, 4.69) is 29.5 Å². The number of aromatic nitrogens is 3. The van der Waals surface area contributed by atoms with E-state index in [1.807, 2.05) is 78.9 Å². The highest BCUT2D eigenvalue weighted by Crippen LogP contribution is 2.27. The van der Waals surface area contributed by atoms with Crippen molar-refractivity contribution in [1.82, 2.24) is 25.2 Å². The lowest BCUT2D eigenvalue weighted by Gasteiger charge is -2.32. The monoisotopic (exact) mass is 499 g/mol. The largest absolute Gasteiger partial charge is 0.497 e. The Morgan fingerprint density at radius 2 is 1.76 bits per heavy atom. The van der Waals surface area contributed by atoms with E-state index in [4.69, 9.17) is 4.74 Å². The lowest BCUT2D eigenvalue weighted by molar-refractivity contribution is -0.142. The van der Waals surface area contributed by atoms with Gasteiger partial charge in [0.05, 0.1) is 12.6 Å². The molecule has 0 bridgehead atoms. The number of hydrogen-bond donors (Lipinski definition) is 1. The van der Waals surface area contributed by atoms with E-state index in [-0.39, 0.29) is 24.9 Å². The molecular weight excluding hydrogens is 466 g/mol. The molecule has 1 heterocycles. The van der Waals surface area contributed by atoms with Crippen LogP contribution in [0.1, 0.15) is 37.4 Å². The van der Waals surface area contributed by atoms with Gasteiger partial charge in [-0.05, 0) is 47.7 Å². The highest BCUT2D eigenvalue weighted by Gasteiger charge is 2.32. The maximum absolute atomic E-state index is 13.9. The molecule has 8 nitrogen and oxygen atoms in total. The smallest absolute Gasteiger partial charge is 0.247 e. The van der Waals surface area contributed by atoms with Gasteiger partial charge in [-0.25, -0.2) is 4.68 Å². The minimum absolute atomic E-state index is 0.0485. The summed E-state index contributed by atoms with van der Waals surface area (Å²) in [5.74, 6) is 0.582. The molecule has 4 aromatic rings. The van der Waals surface area contributed by atoms with Gasteiger partial charge in [-0.15, -0.1) is 5.10 Å². The lowest BCUT2D eigenvalue weighted by Crippen LogP contribution is -2.45. The van der Waals surface area contributed by atoms with Gasteiger partial charge in [-0.2, -0.15) is 0 Å². The van der Waals surface area contributed by atoms with Crippen LogP contribution in [-0.4, -0.2) is 45.4 Å². The molecule has 0 aliphatic rings. The average Bonchev–Trinajstić information content (AvgIpc) is 3.31. The number of para-hydroxylation sites is 1. The van der Waals surface area contributed by atoms with E-state index in [0.29, 0.717) is 29.3 Å². The van der Waals surface area contributed by atoms with E-state index in [0.717, 1.165) is 17.5 Å². The third-order valence-corrected chi connectivity index (χ3v) is 6.21. The Morgan fingerprint density at radius 1 is 1.00 bits per heavy atom. The van der Waals surface area contributed by atoms with Gasteiger partial charge in [0, 0.05) is 13.1 Å². The first-order valence-corrected chi connectivity index (χ1v) is 12.5. The van der Waals surface area contributed by atoms with Crippen LogP contribution in [-0.2, 0) is 22.7 Å². The second-order valence-corrected chi connectivity index (χ2v) is 9.40. The number of carbonyl (C=O) groups is 2. The van der Waals surface area contributed by atoms with Gasteiger partial charge < -0.3 is 15.0 Å². The van der Waals surface area contributed by atoms with Gasteiger partial charge in [-0.1, -0.05) is 73.7 Å². The molecule has 4 rings (SSSR count). The van der Waals surface area contributed by atoms with Crippen molar-refractivity contribution in [3.05, 3.63) is 90.0 Å². The van der Waals surface area contributed by atoms with E-state index >= 15 is 0 Å². The van der Waals surface area contributed by atoms with Crippen molar-refractivity contribution in [3.63, 3.8) is 0 Å². The Hall–Kier alpha value is -4.20. The fourth-order valence-corrected chi connectivity index (χ4v) is 4.22. The van der Waals surface area contributed by atoms with Crippen LogP contribution in [0.15, 0.2) is 78.9 Å². The molecule has 1 N–H and O–H groups in total. The van der Waals surface area contributed by atoms with Crippen molar-refractivity contribution in [2.75, 3.05) is 13.7 Å². The molecule has 2 amide bonds. The van der Waals surface area contributed by atoms with E-state index in [1.165, 1.54) is 0 Å². The van der Waals surface area contributed by atoms with Gasteiger partial charge in [0.25, 0.3) is 0 Å². The number of fused-ring (bicyclic) bond motifs is 1. The normalized spacial score (nSPS) is 11.9. The molecule has 0 radical (unpaired) electrons. The number of benzene rings is 3. The second kappa shape index (κ2) is 12.2. The van der Waals surface area contributed by atoms with Gasteiger partial charge >= 0.3 is 0 Å². The predicted octanol–water partition coefficient (Wildman–Crippen LogP) is 4.37. The van der Waals surface area contributed by atoms with Crippen molar-refractivity contribution in [2.24, 2.45) is 5.92 Å². The molecule has 1 unspecified atom stereocenters. The summed E-state index contributed by atoms with van der Waals surface area (Å²) >= 11 is 0. The first kappa shape index (κ1) is 25.9. The lowest BCUT2D eigenvalue weighted by atomic mass is 10.0. The molecule has 3 aromatic carbocycles. The van der Waals surface area contributed by atoms with Crippen molar-refractivity contribution in [1.29, 1.82) is 0 Å². The average molecular weight is 500 g/mol. The van der Waals surface area contributed by atoms with Crippen LogP contribution in [0, 0.1) is 5.92 Å². The minimum atomic E-state index is -0.857. The molecule has 1 atom stereocenters. The number of ether oxygens (including phenoxy) is 1. The Morgan fingerprint density at radius 3 is 2.51 bits per heavy atom. The van der Waals surface area contributed by atoms with Crippen LogP contribution in [0.4, 0.5) is 0 Å². The number of nitrogens with zero attached hydrogens (tertiary/aromatic N) is 4. The van der Waals surface area contributed by atoms with Gasteiger partial charge in [0.15, 0.2) is 0 Å². The molecule has 0 fully saturated rings. The topological polar surface area (TPSA) is 89.4 Å². The summed E-state index contributed by atoms with van der Waals surface area (Å²) in [4.78, 5) is 29.3. The van der Waals surface area contributed by atoms with E-state index in [1.54, 1.807) is 16.7 Å². The zero-order chi connectivity index (χ0) is 26.2. The van der Waals surface area contributed by atoms with Crippen LogP contribution in [0.25, 0.3) is 11.0 Å². The molecular formula is C29H33N5O3. The van der Waals surface area contributed by atoms with Crippen LogP contribution >= 0.6 is 0 Å². The molecule has 192 valence electrons. The van der Waals surface area contributed by atoms with Crippen LogP contribution in [0.5, 0.6) is 5.75 Å². The number of hydrogen-bond acceptors (Lipinski definition) is 5. The molecule has 0 saturated heterocycles. The van der Waals surface area contributed by atoms with Crippen LogP contribution in [0.3, 0.4) is 0 Å². The van der Waals surface area contributed by atoms with Crippen LogP contribution < -0.4 is 10.1 Å². The number of methoxy groups -OCH3 is 1. The Balaban J connectivity index is 1.72. The van der Waals surface area contributed by atoms with E-state index in [9.17, 15) is 9.59 Å². The summed E-state index contributed by atoms with van der Waals surface area (Å²) in [5.41, 5.74) is 3.06.